The van der Waals surface area contributed by atoms with Crippen LogP contribution in [-0.2, 0) is 13.0 Å². The molecule has 2 aromatic rings. The van der Waals surface area contributed by atoms with E-state index in [9.17, 15) is 0 Å². The van der Waals surface area contributed by atoms with E-state index in [1.54, 1.807) is 0 Å². The molecule has 0 N–H and O–H groups in total. The first-order valence-corrected chi connectivity index (χ1v) is 6.79. The van der Waals surface area contributed by atoms with Crippen LogP contribution >= 0.6 is 0 Å². The highest BCUT2D eigenvalue weighted by atomic mass is 15.3. The molecule has 1 heterocycles. The average molecular weight is 244 g/mol. The minimum Gasteiger partial charge on any atom is -0.265 e. The van der Waals surface area contributed by atoms with E-state index in [2.05, 4.69) is 54.8 Å². The molecule has 0 spiro atoms. The van der Waals surface area contributed by atoms with Crippen molar-refractivity contribution < 1.29 is 0 Å². The van der Waals surface area contributed by atoms with E-state index in [4.69, 9.17) is 0 Å². The second-order valence-electron chi connectivity index (χ2n) is 4.15. The van der Waals surface area contributed by atoms with Gasteiger partial charge < -0.3 is 0 Å². The van der Waals surface area contributed by atoms with Gasteiger partial charge in [-0.2, -0.15) is 5.10 Å². The molecule has 0 radical (unpaired) electrons. The predicted molar refractivity (Wildman–Crippen MR) is 78.0 cm³/mol. The third-order valence-corrected chi connectivity index (χ3v) is 3.06. The summed E-state index contributed by atoms with van der Waals surface area (Å²) in [5.74, 6) is 0. The van der Waals surface area contributed by atoms with Gasteiger partial charge in [0, 0.05) is 5.69 Å². The number of nitrogens with zero attached hydrogens (tertiary/aromatic N) is 2. The van der Waals surface area contributed by atoms with Gasteiger partial charge in [-0.15, -0.1) is 0 Å². The van der Waals surface area contributed by atoms with E-state index < -0.39 is 0 Å². The zero-order valence-corrected chi connectivity index (χ0v) is 12.2. The molecule has 2 rings (SSSR count). The fourth-order valence-electron chi connectivity index (χ4n) is 2.16. The maximum atomic E-state index is 4.59. The summed E-state index contributed by atoms with van der Waals surface area (Å²) >= 11 is 0. The highest BCUT2D eigenvalue weighted by Crippen LogP contribution is 2.14. The molecule has 0 aliphatic carbocycles. The molecule has 0 bridgehead atoms. The lowest BCUT2D eigenvalue weighted by molar-refractivity contribution is 0.658. The number of aryl methyl sites for hydroxylation is 1. The first kappa shape index (κ1) is 14.5. The molecule has 2 heteroatoms. The summed E-state index contributed by atoms with van der Waals surface area (Å²) in [6, 6.07) is 10.5. The van der Waals surface area contributed by atoms with Crippen molar-refractivity contribution in [2.24, 2.45) is 0 Å². The monoisotopic (exact) mass is 244 g/mol. The minimum atomic E-state index is 0.869. The minimum absolute atomic E-state index is 0.869. The Morgan fingerprint density at radius 3 is 2.17 bits per heavy atom. The smallest absolute Gasteiger partial charge is 0.0662 e. The van der Waals surface area contributed by atoms with Gasteiger partial charge in [-0.3, -0.25) is 4.68 Å². The lowest BCUT2D eigenvalue weighted by Crippen LogP contribution is -2.04. The number of benzene rings is 1. The molecule has 1 aromatic carbocycles. The van der Waals surface area contributed by atoms with E-state index in [-0.39, 0.29) is 0 Å². The largest absolute Gasteiger partial charge is 0.265 e. The molecular weight excluding hydrogens is 220 g/mol. The Morgan fingerprint density at radius 1 is 1.06 bits per heavy atom. The maximum absolute atomic E-state index is 4.59. The molecule has 1 aromatic heterocycles. The van der Waals surface area contributed by atoms with Crippen LogP contribution in [0.4, 0.5) is 0 Å². The predicted octanol–water partition coefficient (Wildman–Crippen LogP) is 4.14. The van der Waals surface area contributed by atoms with Crippen molar-refractivity contribution in [1.82, 2.24) is 9.78 Å². The highest BCUT2D eigenvalue weighted by molar-refractivity contribution is 5.25. The van der Waals surface area contributed by atoms with Gasteiger partial charge in [0.1, 0.15) is 0 Å². The van der Waals surface area contributed by atoms with Crippen LogP contribution in [0.1, 0.15) is 43.3 Å². The Kier molecular flexibility index (Phi) is 5.63. The van der Waals surface area contributed by atoms with E-state index in [1.807, 2.05) is 19.9 Å². The lowest BCUT2D eigenvalue weighted by Gasteiger charge is -2.04. The van der Waals surface area contributed by atoms with Crippen LogP contribution < -0.4 is 0 Å². The van der Waals surface area contributed by atoms with E-state index in [1.165, 1.54) is 16.8 Å². The fraction of sp³-hybridized carbons (Fsp3) is 0.438. The zero-order chi connectivity index (χ0) is 13.5. The van der Waals surface area contributed by atoms with Gasteiger partial charge in [0.2, 0.25) is 0 Å². The van der Waals surface area contributed by atoms with Crippen LogP contribution in [0, 0.1) is 13.8 Å². The summed E-state index contributed by atoms with van der Waals surface area (Å²) in [7, 11) is 0. The summed E-state index contributed by atoms with van der Waals surface area (Å²) in [6.45, 7) is 11.3. The topological polar surface area (TPSA) is 17.8 Å². The normalized spacial score (nSPS) is 9.83. The summed E-state index contributed by atoms with van der Waals surface area (Å²) in [5, 5.41) is 4.59. The number of hydrogen-bond acceptors (Lipinski definition) is 1. The number of hydrogen-bond donors (Lipinski definition) is 0. The zero-order valence-electron chi connectivity index (χ0n) is 12.2. The van der Waals surface area contributed by atoms with Crippen molar-refractivity contribution in [1.29, 1.82) is 0 Å². The Hall–Kier alpha value is -1.57. The second-order valence-corrected chi connectivity index (χ2v) is 4.15. The molecule has 0 aliphatic heterocycles. The molecule has 0 unspecified atom stereocenters. The molecule has 0 amide bonds. The van der Waals surface area contributed by atoms with Crippen LogP contribution in [-0.4, -0.2) is 9.78 Å². The number of aromatic nitrogens is 2. The van der Waals surface area contributed by atoms with Crippen LogP contribution in [0.2, 0.25) is 0 Å². The molecule has 98 valence electrons. The second kappa shape index (κ2) is 7.00. The van der Waals surface area contributed by atoms with Gasteiger partial charge in [-0.25, -0.2) is 0 Å². The van der Waals surface area contributed by atoms with Crippen LogP contribution in [0.3, 0.4) is 0 Å². The van der Waals surface area contributed by atoms with Gasteiger partial charge in [0.05, 0.1) is 12.2 Å². The highest BCUT2D eigenvalue weighted by Gasteiger charge is 2.09. The third-order valence-electron chi connectivity index (χ3n) is 3.06. The maximum Gasteiger partial charge on any atom is 0.0662 e. The summed E-state index contributed by atoms with van der Waals surface area (Å²) in [5.41, 5.74) is 5.14. The number of rotatable bonds is 3. The molecule has 0 saturated heterocycles. The van der Waals surface area contributed by atoms with Gasteiger partial charge in [0.25, 0.3) is 0 Å². The van der Waals surface area contributed by atoms with Gasteiger partial charge in [-0.05, 0) is 31.4 Å². The average Bonchev–Trinajstić information content (AvgIpc) is 2.68. The fourth-order valence-corrected chi connectivity index (χ4v) is 2.16. The van der Waals surface area contributed by atoms with Crippen LogP contribution in [0.25, 0.3) is 0 Å². The Balaban J connectivity index is 0.000000771. The Labute approximate surface area is 111 Å². The van der Waals surface area contributed by atoms with Crippen LogP contribution in [0.15, 0.2) is 30.3 Å². The molecule has 0 aliphatic rings. The van der Waals surface area contributed by atoms with Crippen molar-refractivity contribution in [3.63, 3.8) is 0 Å². The van der Waals surface area contributed by atoms with E-state index in [0.717, 1.165) is 18.7 Å². The molecule has 0 saturated carbocycles. The quantitative estimate of drug-likeness (QED) is 0.793. The first-order chi connectivity index (χ1) is 8.72. The first-order valence-electron chi connectivity index (χ1n) is 6.79. The lowest BCUT2D eigenvalue weighted by atomic mass is 10.1. The standard InChI is InChI=1S/C14H18N2.C2H6/c1-4-14-11(2)15-16(12(14)3)10-13-8-6-5-7-9-13;1-2/h5-9H,4,10H2,1-3H3;1-2H3. The SMILES string of the molecule is CC.CCc1c(C)nn(Cc2ccccc2)c1C. The molecule has 18 heavy (non-hydrogen) atoms. The Bertz CT molecular complexity index is 469. The van der Waals surface area contributed by atoms with Crippen molar-refractivity contribution in [3.05, 3.63) is 52.8 Å². The van der Waals surface area contributed by atoms with Crippen molar-refractivity contribution >= 4 is 0 Å². The molecular formula is C16H24N2. The summed E-state index contributed by atoms with van der Waals surface area (Å²) < 4.78 is 2.10. The summed E-state index contributed by atoms with van der Waals surface area (Å²) in [4.78, 5) is 0. The summed E-state index contributed by atoms with van der Waals surface area (Å²) in [6.07, 6.45) is 1.06. The molecule has 2 nitrogen and oxygen atoms in total. The van der Waals surface area contributed by atoms with Crippen molar-refractivity contribution in [3.8, 4) is 0 Å². The van der Waals surface area contributed by atoms with Crippen LogP contribution in [0.5, 0.6) is 0 Å². The van der Waals surface area contributed by atoms with E-state index in [0.29, 0.717) is 0 Å². The van der Waals surface area contributed by atoms with E-state index >= 15 is 0 Å². The van der Waals surface area contributed by atoms with Crippen molar-refractivity contribution in [2.45, 2.75) is 47.6 Å². The van der Waals surface area contributed by atoms with Crippen molar-refractivity contribution in [2.75, 3.05) is 0 Å². The Morgan fingerprint density at radius 2 is 1.67 bits per heavy atom. The van der Waals surface area contributed by atoms with Gasteiger partial charge in [-0.1, -0.05) is 51.1 Å². The molecule has 0 atom stereocenters. The van der Waals surface area contributed by atoms with Gasteiger partial charge >= 0.3 is 0 Å². The van der Waals surface area contributed by atoms with Gasteiger partial charge in [0.15, 0.2) is 0 Å². The third kappa shape index (κ3) is 3.22. The molecule has 0 fully saturated rings.